The monoisotopic (exact) mass is 332 g/mol. The third kappa shape index (κ3) is 2.70. The molecule has 1 N–H and O–H groups in total. The summed E-state index contributed by atoms with van der Waals surface area (Å²) in [5, 5.41) is 7.50. The van der Waals surface area contributed by atoms with E-state index in [0.717, 1.165) is 50.0 Å². The van der Waals surface area contributed by atoms with Gasteiger partial charge in [0.05, 0.1) is 17.9 Å². The van der Waals surface area contributed by atoms with E-state index in [0.29, 0.717) is 24.0 Å². The number of hydrogen-bond acceptors (Lipinski definition) is 4. The predicted molar refractivity (Wildman–Crippen MR) is 92.1 cm³/mol. The van der Waals surface area contributed by atoms with Crippen LogP contribution < -0.4 is 5.32 Å². The Morgan fingerprint density at radius 1 is 1.25 bits per heavy atom. The third-order valence-electron chi connectivity index (χ3n) is 5.89. The zero-order valence-electron chi connectivity index (χ0n) is 14.9. The second-order valence-electron chi connectivity index (χ2n) is 7.31. The average molecular weight is 332 g/mol. The fourth-order valence-electron chi connectivity index (χ4n) is 4.69. The lowest BCUT2D eigenvalue weighted by atomic mass is 9.82. The summed E-state index contributed by atoms with van der Waals surface area (Å²) in [6.45, 7) is 9.94. The number of fused-ring (bicyclic) bond motifs is 5. The van der Waals surface area contributed by atoms with E-state index in [1.54, 1.807) is 0 Å². The van der Waals surface area contributed by atoms with Crippen molar-refractivity contribution in [3.05, 3.63) is 17.0 Å². The molecule has 3 aliphatic heterocycles. The van der Waals surface area contributed by atoms with E-state index in [-0.39, 0.29) is 0 Å². The van der Waals surface area contributed by atoms with Crippen LogP contribution in [0, 0.1) is 25.7 Å². The van der Waals surface area contributed by atoms with Crippen LogP contribution in [0.2, 0.25) is 0 Å². The highest BCUT2D eigenvalue weighted by atomic mass is 16.5. The highest BCUT2D eigenvalue weighted by Crippen LogP contribution is 2.47. The maximum Gasteiger partial charge on any atom is 0.193 e. The van der Waals surface area contributed by atoms with Crippen molar-refractivity contribution in [3.63, 3.8) is 0 Å². The van der Waals surface area contributed by atoms with Crippen molar-refractivity contribution < 1.29 is 9.26 Å². The van der Waals surface area contributed by atoms with E-state index >= 15 is 0 Å². The molecule has 3 aliphatic rings. The molecule has 4 unspecified atom stereocenters. The van der Waals surface area contributed by atoms with Crippen LogP contribution in [0.25, 0.3) is 0 Å². The minimum Gasteiger partial charge on any atom is -0.374 e. The quantitative estimate of drug-likeness (QED) is 0.674. The Bertz CT molecular complexity index is 589. The lowest BCUT2D eigenvalue weighted by Gasteiger charge is -2.23. The second-order valence-corrected chi connectivity index (χ2v) is 7.31. The number of nitrogens with one attached hydrogen (secondary N) is 1. The van der Waals surface area contributed by atoms with Gasteiger partial charge in [-0.2, -0.15) is 0 Å². The molecule has 132 valence electrons. The Morgan fingerprint density at radius 3 is 2.54 bits per heavy atom. The zero-order valence-corrected chi connectivity index (χ0v) is 14.9. The number of hydrogen-bond donors (Lipinski definition) is 1. The minimum absolute atomic E-state index is 0.496. The first kappa shape index (κ1) is 15.9. The summed E-state index contributed by atoms with van der Waals surface area (Å²) in [5.41, 5.74) is 2.18. The minimum atomic E-state index is 0.496. The number of rotatable bonds is 4. The number of likely N-dealkylation sites (tertiary alicyclic amines) is 1. The van der Waals surface area contributed by atoms with Gasteiger partial charge in [-0.15, -0.1) is 0 Å². The molecule has 3 fully saturated rings. The van der Waals surface area contributed by atoms with Gasteiger partial charge in [-0.25, -0.2) is 0 Å². The molecule has 0 aliphatic carbocycles. The molecule has 3 saturated heterocycles. The van der Waals surface area contributed by atoms with Gasteiger partial charge in [0, 0.05) is 43.6 Å². The van der Waals surface area contributed by atoms with Crippen LogP contribution >= 0.6 is 0 Å². The van der Waals surface area contributed by atoms with E-state index in [1.165, 1.54) is 18.4 Å². The molecule has 0 amide bonds. The second kappa shape index (κ2) is 6.39. The lowest BCUT2D eigenvalue weighted by Crippen LogP contribution is -2.41. The van der Waals surface area contributed by atoms with Crippen LogP contribution in [-0.2, 0) is 11.2 Å². The Hall–Kier alpha value is -1.56. The van der Waals surface area contributed by atoms with Crippen molar-refractivity contribution in [3.8, 4) is 0 Å². The van der Waals surface area contributed by atoms with Gasteiger partial charge >= 0.3 is 0 Å². The average Bonchev–Trinajstić information content (AvgIpc) is 3.31. The molecule has 6 heteroatoms. The maximum atomic E-state index is 6.08. The molecule has 6 nitrogen and oxygen atoms in total. The lowest BCUT2D eigenvalue weighted by molar-refractivity contribution is 0.0767. The smallest absolute Gasteiger partial charge is 0.193 e. The Kier molecular flexibility index (Phi) is 4.24. The topological polar surface area (TPSA) is 62.9 Å². The van der Waals surface area contributed by atoms with Crippen molar-refractivity contribution in [2.45, 2.75) is 52.2 Å². The van der Waals surface area contributed by atoms with Crippen LogP contribution in [0.1, 0.15) is 36.8 Å². The molecule has 0 spiro atoms. The maximum absolute atomic E-state index is 6.08. The first-order valence-corrected chi connectivity index (χ1v) is 9.27. The number of aromatic nitrogens is 1. The molecule has 4 heterocycles. The first-order valence-electron chi connectivity index (χ1n) is 9.27. The molecule has 2 bridgehead atoms. The van der Waals surface area contributed by atoms with Gasteiger partial charge < -0.3 is 19.5 Å². The summed E-state index contributed by atoms with van der Waals surface area (Å²) in [7, 11) is 0. The van der Waals surface area contributed by atoms with Gasteiger partial charge in [-0.3, -0.25) is 4.99 Å². The van der Waals surface area contributed by atoms with Gasteiger partial charge in [-0.05, 0) is 40.0 Å². The molecule has 24 heavy (non-hydrogen) atoms. The highest BCUT2D eigenvalue weighted by Gasteiger charge is 2.53. The molecule has 4 atom stereocenters. The number of aliphatic imine (C=N–C) groups is 1. The fraction of sp³-hybridized carbons (Fsp3) is 0.778. The Morgan fingerprint density at radius 2 is 1.96 bits per heavy atom. The third-order valence-corrected chi connectivity index (χ3v) is 5.89. The van der Waals surface area contributed by atoms with E-state index < -0.39 is 0 Å². The molecule has 0 radical (unpaired) electrons. The van der Waals surface area contributed by atoms with E-state index in [4.69, 9.17) is 14.3 Å². The van der Waals surface area contributed by atoms with Crippen molar-refractivity contribution >= 4 is 5.96 Å². The van der Waals surface area contributed by atoms with Crippen LogP contribution in [0.4, 0.5) is 0 Å². The van der Waals surface area contributed by atoms with Crippen molar-refractivity contribution in [2.75, 3.05) is 26.2 Å². The largest absolute Gasteiger partial charge is 0.374 e. The van der Waals surface area contributed by atoms with Crippen LogP contribution in [0.15, 0.2) is 9.52 Å². The molecule has 1 aromatic heterocycles. The standard InChI is InChI=1S/C18H28N4O2/c1-4-19-18(20-8-7-13-11(2)21-24-12(13)3)22-9-14-15(10-22)17-6-5-16(14)23-17/h14-17H,4-10H2,1-3H3,(H,19,20). The van der Waals surface area contributed by atoms with Crippen LogP contribution in [0.5, 0.6) is 0 Å². The number of ether oxygens (including phenoxy) is 1. The normalized spacial score (nSPS) is 31.8. The fourth-order valence-corrected chi connectivity index (χ4v) is 4.69. The number of guanidine groups is 1. The van der Waals surface area contributed by atoms with E-state index in [1.807, 2.05) is 13.8 Å². The van der Waals surface area contributed by atoms with Crippen molar-refractivity contribution in [1.82, 2.24) is 15.4 Å². The molecular weight excluding hydrogens is 304 g/mol. The SMILES string of the molecule is CCNC(=NCCc1c(C)noc1C)N1CC2C3CCC(O3)C2C1. The van der Waals surface area contributed by atoms with E-state index in [2.05, 4.69) is 22.3 Å². The van der Waals surface area contributed by atoms with Gasteiger partial charge in [0.25, 0.3) is 0 Å². The molecule has 4 rings (SSSR count). The molecular formula is C18H28N4O2. The summed E-state index contributed by atoms with van der Waals surface area (Å²) in [6.07, 6.45) is 4.37. The van der Waals surface area contributed by atoms with E-state index in [9.17, 15) is 0 Å². The summed E-state index contributed by atoms with van der Waals surface area (Å²) in [4.78, 5) is 7.32. The highest BCUT2D eigenvalue weighted by molar-refractivity contribution is 5.80. The predicted octanol–water partition coefficient (Wildman–Crippen LogP) is 1.91. The summed E-state index contributed by atoms with van der Waals surface area (Å²) in [6, 6.07) is 0. The first-order chi connectivity index (χ1) is 11.7. The zero-order chi connectivity index (χ0) is 16.7. The molecule has 1 aromatic rings. The summed E-state index contributed by atoms with van der Waals surface area (Å²) >= 11 is 0. The van der Waals surface area contributed by atoms with Gasteiger partial charge in [0.15, 0.2) is 5.96 Å². The van der Waals surface area contributed by atoms with Gasteiger partial charge in [0.1, 0.15) is 5.76 Å². The molecule has 0 saturated carbocycles. The Balaban J connectivity index is 1.41. The number of aryl methyl sites for hydroxylation is 2. The number of nitrogens with zero attached hydrogens (tertiary/aromatic N) is 3. The summed E-state index contributed by atoms with van der Waals surface area (Å²) < 4.78 is 11.3. The van der Waals surface area contributed by atoms with Gasteiger partial charge in [0.2, 0.25) is 0 Å². The molecule has 0 aromatic carbocycles. The van der Waals surface area contributed by atoms with Crippen molar-refractivity contribution in [1.29, 1.82) is 0 Å². The van der Waals surface area contributed by atoms with Crippen LogP contribution in [0.3, 0.4) is 0 Å². The summed E-state index contributed by atoms with van der Waals surface area (Å²) in [5.74, 6) is 3.38. The Labute approximate surface area is 143 Å². The van der Waals surface area contributed by atoms with Crippen molar-refractivity contribution in [2.24, 2.45) is 16.8 Å². The van der Waals surface area contributed by atoms with Gasteiger partial charge in [-0.1, -0.05) is 5.16 Å². The van der Waals surface area contributed by atoms with Crippen LogP contribution in [-0.4, -0.2) is 54.4 Å².